The molecule has 0 bridgehead atoms. The van der Waals surface area contributed by atoms with Gasteiger partial charge in [0, 0.05) is 28.4 Å². The molecule has 0 unspecified atom stereocenters. The molecule has 1 heterocycles. The fourth-order valence-corrected chi connectivity index (χ4v) is 3.59. The molecule has 0 aliphatic carbocycles. The lowest BCUT2D eigenvalue weighted by Crippen LogP contribution is -2.40. The highest BCUT2D eigenvalue weighted by molar-refractivity contribution is 7.99. The standard InChI is InChI=1S/C19H18N2O2S/c20-13-15-3-1-2-4-18(15)24-17-7-5-14(6-8-17)19(23)21-11-9-16(22)10-12-21/h1-8,16,22H,9-12H2. The number of aliphatic hydroxyl groups excluding tert-OH is 1. The van der Waals surface area contributed by atoms with Crippen molar-refractivity contribution in [3.05, 3.63) is 59.7 Å². The van der Waals surface area contributed by atoms with Crippen molar-refractivity contribution in [3.8, 4) is 6.07 Å². The van der Waals surface area contributed by atoms with Crippen LogP contribution in [0.1, 0.15) is 28.8 Å². The second-order valence-corrected chi connectivity index (χ2v) is 6.87. The zero-order valence-corrected chi connectivity index (χ0v) is 14.0. The van der Waals surface area contributed by atoms with E-state index in [0.29, 0.717) is 37.1 Å². The number of aliphatic hydroxyl groups is 1. The largest absolute Gasteiger partial charge is 0.393 e. The summed E-state index contributed by atoms with van der Waals surface area (Å²) in [5.74, 6) is 0.0101. The topological polar surface area (TPSA) is 64.3 Å². The molecule has 24 heavy (non-hydrogen) atoms. The predicted molar refractivity (Wildman–Crippen MR) is 92.9 cm³/mol. The van der Waals surface area contributed by atoms with Crippen molar-refractivity contribution in [2.75, 3.05) is 13.1 Å². The summed E-state index contributed by atoms with van der Waals surface area (Å²) in [4.78, 5) is 16.2. The van der Waals surface area contributed by atoms with Gasteiger partial charge in [0.1, 0.15) is 6.07 Å². The molecule has 5 heteroatoms. The third-order valence-corrected chi connectivity index (χ3v) is 5.17. The van der Waals surface area contributed by atoms with Crippen molar-refractivity contribution in [1.82, 2.24) is 4.90 Å². The van der Waals surface area contributed by atoms with Gasteiger partial charge in [0.25, 0.3) is 5.91 Å². The summed E-state index contributed by atoms with van der Waals surface area (Å²) in [5, 5.41) is 18.7. The number of hydrogen-bond acceptors (Lipinski definition) is 4. The summed E-state index contributed by atoms with van der Waals surface area (Å²) in [7, 11) is 0. The van der Waals surface area contributed by atoms with Crippen LogP contribution >= 0.6 is 11.8 Å². The molecule has 122 valence electrons. The van der Waals surface area contributed by atoms with Gasteiger partial charge in [0.2, 0.25) is 0 Å². The van der Waals surface area contributed by atoms with Gasteiger partial charge in [-0.15, -0.1) is 0 Å². The zero-order chi connectivity index (χ0) is 16.9. The Labute approximate surface area is 145 Å². The minimum absolute atomic E-state index is 0.0101. The molecule has 0 saturated carbocycles. The fraction of sp³-hybridized carbons (Fsp3) is 0.263. The van der Waals surface area contributed by atoms with Crippen molar-refractivity contribution in [2.45, 2.75) is 28.7 Å². The van der Waals surface area contributed by atoms with Gasteiger partial charge in [-0.3, -0.25) is 4.79 Å². The molecule has 3 rings (SSSR count). The molecule has 0 atom stereocenters. The normalized spacial score (nSPS) is 15.1. The summed E-state index contributed by atoms with van der Waals surface area (Å²) in [6, 6.07) is 17.1. The second kappa shape index (κ2) is 7.52. The van der Waals surface area contributed by atoms with Crippen molar-refractivity contribution in [2.24, 2.45) is 0 Å². The average Bonchev–Trinajstić information content (AvgIpc) is 2.63. The molecule has 4 nitrogen and oxygen atoms in total. The number of nitrogens with zero attached hydrogens (tertiary/aromatic N) is 2. The summed E-state index contributed by atoms with van der Waals surface area (Å²) < 4.78 is 0. The summed E-state index contributed by atoms with van der Waals surface area (Å²) in [5.41, 5.74) is 1.30. The first kappa shape index (κ1) is 16.6. The number of rotatable bonds is 3. The van der Waals surface area contributed by atoms with Crippen LogP contribution in [-0.4, -0.2) is 35.1 Å². The predicted octanol–water partition coefficient (Wildman–Crippen LogP) is 3.31. The molecular weight excluding hydrogens is 320 g/mol. The van der Waals surface area contributed by atoms with Crippen LogP contribution in [0.5, 0.6) is 0 Å². The van der Waals surface area contributed by atoms with Crippen LogP contribution in [0, 0.1) is 11.3 Å². The Morgan fingerprint density at radius 1 is 1.12 bits per heavy atom. The van der Waals surface area contributed by atoms with E-state index in [2.05, 4.69) is 6.07 Å². The van der Waals surface area contributed by atoms with Gasteiger partial charge in [-0.05, 0) is 49.2 Å². The molecule has 1 amide bonds. The number of hydrogen-bond donors (Lipinski definition) is 1. The van der Waals surface area contributed by atoms with E-state index in [-0.39, 0.29) is 12.0 Å². The van der Waals surface area contributed by atoms with Crippen LogP contribution < -0.4 is 0 Å². The van der Waals surface area contributed by atoms with Crippen LogP contribution in [0.3, 0.4) is 0 Å². The first-order valence-corrected chi connectivity index (χ1v) is 8.73. The number of nitriles is 1. The van der Waals surface area contributed by atoms with Gasteiger partial charge in [-0.2, -0.15) is 5.26 Å². The Hall–Kier alpha value is -2.29. The molecule has 1 saturated heterocycles. The molecule has 1 aliphatic heterocycles. The lowest BCUT2D eigenvalue weighted by Gasteiger charge is -2.29. The lowest BCUT2D eigenvalue weighted by atomic mass is 10.1. The molecular formula is C19H18N2O2S. The molecule has 1 fully saturated rings. The number of carbonyl (C=O) groups excluding carboxylic acids is 1. The monoisotopic (exact) mass is 338 g/mol. The minimum Gasteiger partial charge on any atom is -0.393 e. The molecule has 1 aliphatic rings. The number of amides is 1. The summed E-state index contributed by atoms with van der Waals surface area (Å²) >= 11 is 1.51. The highest BCUT2D eigenvalue weighted by atomic mass is 32.2. The van der Waals surface area contributed by atoms with Gasteiger partial charge in [0.05, 0.1) is 11.7 Å². The highest BCUT2D eigenvalue weighted by Gasteiger charge is 2.22. The van der Waals surface area contributed by atoms with Crippen LogP contribution in [-0.2, 0) is 0 Å². The SMILES string of the molecule is N#Cc1ccccc1Sc1ccc(C(=O)N2CCC(O)CC2)cc1. The molecule has 0 radical (unpaired) electrons. The van der Waals surface area contributed by atoms with E-state index in [1.807, 2.05) is 42.5 Å². The van der Waals surface area contributed by atoms with Crippen molar-refractivity contribution in [3.63, 3.8) is 0 Å². The summed E-state index contributed by atoms with van der Waals surface area (Å²) in [6.07, 6.45) is 1.00. The van der Waals surface area contributed by atoms with Crippen LogP contribution in [0.15, 0.2) is 58.3 Å². The smallest absolute Gasteiger partial charge is 0.253 e. The maximum atomic E-state index is 12.5. The molecule has 2 aromatic carbocycles. The first-order chi connectivity index (χ1) is 11.7. The maximum absolute atomic E-state index is 12.5. The van der Waals surface area contributed by atoms with Crippen molar-refractivity contribution < 1.29 is 9.90 Å². The number of piperidine rings is 1. The number of likely N-dealkylation sites (tertiary alicyclic amines) is 1. The minimum atomic E-state index is -0.284. The van der Waals surface area contributed by atoms with E-state index in [4.69, 9.17) is 5.26 Å². The summed E-state index contributed by atoms with van der Waals surface area (Å²) in [6.45, 7) is 1.21. The van der Waals surface area contributed by atoms with E-state index in [1.165, 1.54) is 11.8 Å². The van der Waals surface area contributed by atoms with E-state index in [0.717, 1.165) is 9.79 Å². The van der Waals surface area contributed by atoms with Crippen LogP contribution in [0.2, 0.25) is 0 Å². The van der Waals surface area contributed by atoms with Gasteiger partial charge in [-0.25, -0.2) is 0 Å². The van der Waals surface area contributed by atoms with Gasteiger partial charge in [0.15, 0.2) is 0 Å². The first-order valence-electron chi connectivity index (χ1n) is 7.92. The van der Waals surface area contributed by atoms with Gasteiger partial charge < -0.3 is 10.0 Å². The van der Waals surface area contributed by atoms with E-state index >= 15 is 0 Å². The van der Waals surface area contributed by atoms with Crippen molar-refractivity contribution >= 4 is 17.7 Å². The van der Waals surface area contributed by atoms with Crippen molar-refractivity contribution in [1.29, 1.82) is 5.26 Å². The average molecular weight is 338 g/mol. The van der Waals surface area contributed by atoms with E-state index < -0.39 is 0 Å². The molecule has 0 spiro atoms. The second-order valence-electron chi connectivity index (χ2n) is 5.76. The Morgan fingerprint density at radius 2 is 1.79 bits per heavy atom. The van der Waals surface area contributed by atoms with Gasteiger partial charge in [-0.1, -0.05) is 23.9 Å². The van der Waals surface area contributed by atoms with Crippen LogP contribution in [0.25, 0.3) is 0 Å². The zero-order valence-electron chi connectivity index (χ0n) is 13.2. The lowest BCUT2D eigenvalue weighted by molar-refractivity contribution is 0.0546. The maximum Gasteiger partial charge on any atom is 0.253 e. The number of benzene rings is 2. The molecule has 2 aromatic rings. The Bertz CT molecular complexity index is 760. The Morgan fingerprint density at radius 3 is 2.46 bits per heavy atom. The third kappa shape index (κ3) is 3.78. The van der Waals surface area contributed by atoms with Crippen LogP contribution in [0.4, 0.5) is 0 Å². The Balaban J connectivity index is 1.69. The molecule has 1 N–H and O–H groups in total. The van der Waals surface area contributed by atoms with Gasteiger partial charge >= 0.3 is 0 Å². The van der Waals surface area contributed by atoms with E-state index in [9.17, 15) is 9.90 Å². The third-order valence-electron chi connectivity index (χ3n) is 4.09. The van der Waals surface area contributed by atoms with E-state index in [1.54, 1.807) is 11.0 Å². The fourth-order valence-electron chi connectivity index (χ4n) is 2.69. The Kier molecular flexibility index (Phi) is 5.19. The number of carbonyl (C=O) groups is 1. The molecule has 0 aromatic heterocycles. The quantitative estimate of drug-likeness (QED) is 0.932. The highest BCUT2D eigenvalue weighted by Crippen LogP contribution is 2.30.